The van der Waals surface area contributed by atoms with Crippen molar-refractivity contribution >= 4 is 34.9 Å². The van der Waals surface area contributed by atoms with Crippen molar-refractivity contribution in [2.75, 3.05) is 5.32 Å². The van der Waals surface area contributed by atoms with Gasteiger partial charge in [0.1, 0.15) is 6.61 Å². The van der Waals surface area contributed by atoms with Crippen LogP contribution in [-0.2, 0) is 17.1 Å². The molecule has 0 heterocycles. The predicted octanol–water partition coefficient (Wildman–Crippen LogP) is 5.02. The van der Waals surface area contributed by atoms with Crippen LogP contribution in [0.3, 0.4) is 0 Å². The van der Waals surface area contributed by atoms with Gasteiger partial charge in [-0.25, -0.2) is 4.79 Å². The van der Waals surface area contributed by atoms with Crippen molar-refractivity contribution in [3.05, 3.63) is 102 Å². The van der Waals surface area contributed by atoms with E-state index in [0.29, 0.717) is 10.9 Å². The number of rotatable bonds is 7. The molecule has 0 radical (unpaired) electrons. The Kier molecular flexibility index (Phi) is 8.05. The number of ether oxygens (including phenoxy) is 1. The highest BCUT2D eigenvalue weighted by molar-refractivity contribution is 8.13. The number of hydrogen-bond donors (Lipinski definition) is 2. The van der Waals surface area contributed by atoms with E-state index in [4.69, 9.17) is 10.5 Å². The largest absolute Gasteiger partial charge is 0.444 e. The molecular weight excluding hydrogens is 396 g/mol. The fourth-order valence-electron chi connectivity index (χ4n) is 2.44. The number of nitrogens with zero attached hydrogens (tertiary/aromatic N) is 2. The van der Waals surface area contributed by atoms with E-state index in [9.17, 15) is 4.79 Å². The quantitative estimate of drug-likeness (QED) is 0.320. The highest BCUT2D eigenvalue weighted by Crippen LogP contribution is 2.12. The van der Waals surface area contributed by atoms with Crippen LogP contribution >= 0.6 is 11.8 Å². The molecule has 3 aromatic carbocycles. The number of nitrogens with one attached hydrogen (secondary N) is 1. The summed E-state index contributed by atoms with van der Waals surface area (Å²) in [5.41, 5.74) is 9.45. The number of nitrogens with two attached hydrogens (primary N) is 1. The van der Waals surface area contributed by atoms with Crippen LogP contribution in [0.2, 0.25) is 0 Å². The Bertz CT molecular complexity index is 991. The molecule has 0 saturated heterocycles. The Morgan fingerprint density at radius 1 is 0.933 bits per heavy atom. The lowest BCUT2D eigenvalue weighted by atomic mass is 10.2. The van der Waals surface area contributed by atoms with Crippen molar-refractivity contribution in [1.29, 1.82) is 0 Å². The number of amidine groups is 1. The van der Waals surface area contributed by atoms with Gasteiger partial charge in [0, 0.05) is 11.4 Å². The number of amides is 1. The summed E-state index contributed by atoms with van der Waals surface area (Å²) in [6.07, 6.45) is 1.10. The maximum absolute atomic E-state index is 11.9. The third-order valence-corrected chi connectivity index (χ3v) is 4.82. The molecule has 0 aliphatic heterocycles. The second-order valence-corrected chi connectivity index (χ2v) is 7.26. The second kappa shape index (κ2) is 11.4. The molecule has 3 aromatic rings. The molecule has 0 bridgehead atoms. The van der Waals surface area contributed by atoms with Gasteiger partial charge in [-0.2, -0.15) is 5.10 Å². The van der Waals surface area contributed by atoms with Gasteiger partial charge in [0.2, 0.25) is 0 Å². The van der Waals surface area contributed by atoms with Crippen LogP contribution in [0.5, 0.6) is 0 Å². The predicted molar refractivity (Wildman–Crippen MR) is 124 cm³/mol. The van der Waals surface area contributed by atoms with E-state index in [1.165, 1.54) is 17.3 Å². The second-order valence-electron chi connectivity index (χ2n) is 6.27. The van der Waals surface area contributed by atoms with Crippen LogP contribution < -0.4 is 11.1 Å². The summed E-state index contributed by atoms with van der Waals surface area (Å²) in [4.78, 5) is 11.9. The van der Waals surface area contributed by atoms with Crippen LogP contribution in [0.1, 0.15) is 16.7 Å². The highest BCUT2D eigenvalue weighted by atomic mass is 32.2. The molecule has 0 atom stereocenters. The lowest BCUT2D eigenvalue weighted by Gasteiger charge is -2.07. The molecule has 7 heteroatoms. The van der Waals surface area contributed by atoms with Gasteiger partial charge in [-0.15, -0.1) is 5.10 Å². The molecule has 3 rings (SSSR count). The summed E-state index contributed by atoms with van der Waals surface area (Å²) < 4.78 is 5.20. The first-order chi connectivity index (χ1) is 14.7. The van der Waals surface area contributed by atoms with Crippen LogP contribution in [0.4, 0.5) is 10.5 Å². The van der Waals surface area contributed by atoms with E-state index in [-0.39, 0.29) is 6.61 Å². The zero-order valence-electron chi connectivity index (χ0n) is 16.3. The summed E-state index contributed by atoms with van der Waals surface area (Å²) in [6, 6.07) is 26.7. The monoisotopic (exact) mass is 418 g/mol. The van der Waals surface area contributed by atoms with Gasteiger partial charge in [-0.3, -0.25) is 5.32 Å². The van der Waals surface area contributed by atoms with Crippen molar-refractivity contribution in [3.63, 3.8) is 0 Å². The van der Waals surface area contributed by atoms with E-state index in [1.807, 2.05) is 72.8 Å². The molecule has 0 unspecified atom stereocenters. The molecule has 0 aromatic heterocycles. The molecule has 6 nitrogen and oxygen atoms in total. The lowest BCUT2D eigenvalue weighted by Crippen LogP contribution is -2.13. The number of carbonyl (C=O) groups is 1. The van der Waals surface area contributed by atoms with Crippen molar-refractivity contribution < 1.29 is 9.53 Å². The van der Waals surface area contributed by atoms with E-state index >= 15 is 0 Å². The zero-order valence-corrected chi connectivity index (χ0v) is 17.1. The van der Waals surface area contributed by atoms with Gasteiger partial charge < -0.3 is 10.5 Å². The molecule has 0 aliphatic rings. The first-order valence-electron chi connectivity index (χ1n) is 9.30. The normalized spacial score (nSPS) is 11.4. The Hall–Kier alpha value is -3.58. The van der Waals surface area contributed by atoms with Crippen molar-refractivity contribution in [2.24, 2.45) is 15.9 Å². The van der Waals surface area contributed by atoms with Crippen molar-refractivity contribution in [1.82, 2.24) is 0 Å². The molecule has 1 amide bonds. The van der Waals surface area contributed by atoms with Crippen LogP contribution in [0.15, 0.2) is 95.1 Å². The van der Waals surface area contributed by atoms with E-state index in [1.54, 1.807) is 18.3 Å². The average molecular weight is 419 g/mol. The minimum Gasteiger partial charge on any atom is -0.444 e. The first kappa shape index (κ1) is 21.1. The maximum Gasteiger partial charge on any atom is 0.411 e. The lowest BCUT2D eigenvalue weighted by molar-refractivity contribution is 0.155. The van der Waals surface area contributed by atoms with Gasteiger partial charge in [0.15, 0.2) is 5.17 Å². The van der Waals surface area contributed by atoms with E-state index in [2.05, 4.69) is 15.5 Å². The molecule has 0 aliphatic carbocycles. The van der Waals surface area contributed by atoms with E-state index in [0.717, 1.165) is 16.9 Å². The Morgan fingerprint density at radius 3 is 2.23 bits per heavy atom. The van der Waals surface area contributed by atoms with Crippen molar-refractivity contribution in [2.45, 2.75) is 12.4 Å². The molecule has 0 spiro atoms. The number of hydrogen-bond acceptors (Lipinski definition) is 5. The topological polar surface area (TPSA) is 89.1 Å². The Morgan fingerprint density at radius 2 is 1.57 bits per heavy atom. The molecule has 3 N–H and O–H groups in total. The maximum atomic E-state index is 11.9. The zero-order chi connectivity index (χ0) is 21.0. The summed E-state index contributed by atoms with van der Waals surface area (Å²) in [5.74, 6) is 0.742. The molecular formula is C23H22N4O2S. The average Bonchev–Trinajstić information content (AvgIpc) is 2.79. The molecule has 0 saturated carbocycles. The first-order valence-corrected chi connectivity index (χ1v) is 10.3. The number of benzene rings is 3. The van der Waals surface area contributed by atoms with Gasteiger partial charge in [-0.05, 0) is 28.8 Å². The van der Waals surface area contributed by atoms with Gasteiger partial charge in [0.05, 0.1) is 6.21 Å². The summed E-state index contributed by atoms with van der Waals surface area (Å²) >= 11 is 1.43. The van der Waals surface area contributed by atoms with Gasteiger partial charge >= 0.3 is 6.09 Å². The van der Waals surface area contributed by atoms with Gasteiger partial charge in [-0.1, -0.05) is 84.6 Å². The smallest absolute Gasteiger partial charge is 0.411 e. The fraction of sp³-hybridized carbons (Fsp3) is 0.0870. The third-order valence-electron chi connectivity index (χ3n) is 3.96. The minimum absolute atomic E-state index is 0.221. The van der Waals surface area contributed by atoms with E-state index < -0.39 is 6.09 Å². The summed E-state index contributed by atoms with van der Waals surface area (Å²) in [7, 11) is 0. The highest BCUT2D eigenvalue weighted by Gasteiger charge is 2.03. The van der Waals surface area contributed by atoms with Crippen molar-refractivity contribution in [3.8, 4) is 0 Å². The number of carbonyl (C=O) groups excluding carboxylic acids is 1. The van der Waals surface area contributed by atoms with Gasteiger partial charge in [0.25, 0.3) is 0 Å². The standard InChI is InChI=1S/C23H22N4O2S/c24-22(30-17-20-9-5-2-6-10-20)27-25-15-18-11-13-21(14-12-18)26-23(28)29-16-19-7-3-1-4-8-19/h1-15H,16-17H2,(H2,24,27)(H,26,28). The van der Waals surface area contributed by atoms with Crippen LogP contribution in [0.25, 0.3) is 0 Å². The molecule has 0 fully saturated rings. The third kappa shape index (κ3) is 7.44. The fourth-order valence-corrected chi connectivity index (χ4v) is 3.05. The Balaban J connectivity index is 1.43. The van der Waals surface area contributed by atoms with Crippen LogP contribution in [0, 0.1) is 0 Å². The number of anilines is 1. The minimum atomic E-state index is -0.506. The number of thioether (sulfide) groups is 1. The van der Waals surface area contributed by atoms with Crippen LogP contribution in [-0.4, -0.2) is 17.5 Å². The summed E-state index contributed by atoms with van der Waals surface area (Å²) in [5, 5.41) is 11.1. The SMILES string of the molecule is NC(=NN=Cc1ccc(NC(=O)OCc2ccccc2)cc1)SCc1ccccc1. The summed E-state index contributed by atoms with van der Waals surface area (Å²) in [6.45, 7) is 0.221. The molecule has 30 heavy (non-hydrogen) atoms. The molecule has 152 valence electrons. The Labute approximate surface area is 179 Å².